The van der Waals surface area contributed by atoms with E-state index in [0.717, 1.165) is 33.5 Å². The molecule has 0 aliphatic rings. The second kappa shape index (κ2) is 9.77. The average Bonchev–Trinajstić information content (AvgIpc) is 3.27. The zero-order valence-corrected chi connectivity index (χ0v) is 20.0. The van der Waals surface area contributed by atoms with Crippen molar-refractivity contribution in [1.82, 2.24) is 15.0 Å². The van der Waals surface area contributed by atoms with E-state index in [4.69, 9.17) is 27.9 Å². The molecule has 2 heterocycles. The van der Waals surface area contributed by atoms with Gasteiger partial charge in [-0.15, -0.1) is 0 Å². The Morgan fingerprint density at radius 1 is 0.939 bits per heavy atom. The van der Waals surface area contributed by atoms with E-state index in [1.54, 1.807) is 18.6 Å². The van der Waals surface area contributed by atoms with Crippen LogP contribution in [0.25, 0.3) is 11.3 Å². The van der Waals surface area contributed by atoms with Crippen molar-refractivity contribution in [2.75, 3.05) is 0 Å². The number of halogens is 2. The highest BCUT2D eigenvalue weighted by Crippen LogP contribution is 2.43. The summed E-state index contributed by atoms with van der Waals surface area (Å²) in [6.45, 7) is 6.58. The Bertz CT molecular complexity index is 1300. The summed E-state index contributed by atoms with van der Waals surface area (Å²) in [6, 6.07) is 15.4. The molecule has 0 radical (unpaired) electrons. The maximum atomic E-state index is 11.7. The smallest absolute Gasteiger partial charge is 0.293 e. The van der Waals surface area contributed by atoms with Gasteiger partial charge < -0.3 is 9.72 Å². The molecule has 33 heavy (non-hydrogen) atoms. The Morgan fingerprint density at radius 3 is 2.45 bits per heavy atom. The molecule has 0 aliphatic carbocycles. The van der Waals surface area contributed by atoms with Gasteiger partial charge in [0.1, 0.15) is 11.3 Å². The van der Waals surface area contributed by atoms with Crippen LogP contribution in [0, 0.1) is 20.8 Å². The number of H-pyrrole nitrogens is 1. The average molecular weight is 480 g/mol. The normalized spacial score (nSPS) is 12.9. The van der Waals surface area contributed by atoms with Crippen LogP contribution in [0.1, 0.15) is 45.5 Å². The molecule has 0 amide bonds. The molecule has 0 bridgehead atoms. The number of hydrogen-bond acceptors (Lipinski definition) is 4. The Balaban J connectivity index is 1.97. The molecule has 2 unspecified atom stereocenters. The monoisotopic (exact) mass is 479 g/mol. The highest BCUT2D eigenvalue weighted by Gasteiger charge is 2.33. The van der Waals surface area contributed by atoms with Crippen LogP contribution >= 0.6 is 23.2 Å². The molecular weight excluding hydrogens is 457 g/mol. The summed E-state index contributed by atoms with van der Waals surface area (Å²) in [5.41, 5.74) is 7.41. The van der Waals surface area contributed by atoms with Gasteiger partial charge in [0.05, 0.1) is 23.6 Å². The number of ether oxygens (including phenoxy) is 1. The molecule has 0 saturated carbocycles. The molecule has 0 aliphatic heterocycles. The number of aryl methyl sites for hydroxylation is 3. The van der Waals surface area contributed by atoms with Crippen LogP contribution in [-0.2, 0) is 9.53 Å². The number of hydrogen-bond donors (Lipinski definition) is 1. The van der Waals surface area contributed by atoms with Crippen LogP contribution < -0.4 is 0 Å². The number of benzene rings is 2. The van der Waals surface area contributed by atoms with E-state index < -0.39 is 6.10 Å². The summed E-state index contributed by atoms with van der Waals surface area (Å²) in [6.07, 6.45) is 2.64. The lowest BCUT2D eigenvalue weighted by Gasteiger charge is -2.28. The van der Waals surface area contributed by atoms with Gasteiger partial charge in [0.25, 0.3) is 6.47 Å². The van der Waals surface area contributed by atoms with E-state index in [1.165, 1.54) is 5.56 Å². The lowest BCUT2D eigenvalue weighted by atomic mass is 9.82. The van der Waals surface area contributed by atoms with Gasteiger partial charge in [0, 0.05) is 16.8 Å². The topological polar surface area (TPSA) is 67.9 Å². The molecule has 4 aromatic rings. The third-order valence-corrected chi connectivity index (χ3v) is 6.36. The van der Waals surface area contributed by atoms with Crippen molar-refractivity contribution in [2.24, 2.45) is 0 Å². The number of carbonyl (C=O) groups excluding carboxylic acids is 1. The zero-order chi connectivity index (χ0) is 23.5. The first kappa shape index (κ1) is 23.0. The number of aromatic nitrogens is 3. The van der Waals surface area contributed by atoms with Crippen LogP contribution in [0.5, 0.6) is 0 Å². The fourth-order valence-corrected chi connectivity index (χ4v) is 4.44. The van der Waals surface area contributed by atoms with Crippen molar-refractivity contribution >= 4 is 29.7 Å². The van der Waals surface area contributed by atoms with Gasteiger partial charge in [0.2, 0.25) is 0 Å². The maximum absolute atomic E-state index is 11.7. The first-order valence-corrected chi connectivity index (χ1v) is 11.2. The summed E-state index contributed by atoms with van der Waals surface area (Å²) in [5.74, 6) is -0.379. The number of imidazole rings is 1. The molecule has 168 valence electrons. The molecule has 2 aromatic carbocycles. The van der Waals surface area contributed by atoms with Crippen LogP contribution in [-0.4, -0.2) is 21.4 Å². The van der Waals surface area contributed by atoms with Gasteiger partial charge >= 0.3 is 0 Å². The first-order chi connectivity index (χ1) is 15.9. The molecule has 4 rings (SSSR count). The van der Waals surface area contributed by atoms with Gasteiger partial charge in [-0.3, -0.25) is 4.79 Å². The number of nitrogens with zero attached hydrogens (tertiary/aromatic N) is 2. The maximum Gasteiger partial charge on any atom is 0.293 e. The molecule has 0 spiro atoms. The van der Waals surface area contributed by atoms with Gasteiger partial charge in [-0.25, -0.2) is 9.97 Å². The summed E-state index contributed by atoms with van der Waals surface area (Å²) in [7, 11) is 0. The van der Waals surface area contributed by atoms with Crippen molar-refractivity contribution in [2.45, 2.75) is 32.8 Å². The largest absolute Gasteiger partial charge is 0.459 e. The third-order valence-electron chi connectivity index (χ3n) is 5.92. The number of carbonyl (C=O) groups is 1. The van der Waals surface area contributed by atoms with Crippen LogP contribution in [0.4, 0.5) is 0 Å². The summed E-state index contributed by atoms with van der Waals surface area (Å²) < 4.78 is 5.76. The van der Waals surface area contributed by atoms with Crippen molar-refractivity contribution in [3.05, 3.63) is 105 Å². The zero-order valence-electron chi connectivity index (χ0n) is 18.5. The lowest BCUT2D eigenvalue weighted by molar-refractivity contribution is -0.134. The molecule has 1 N–H and O–H groups in total. The van der Waals surface area contributed by atoms with Crippen LogP contribution in [0.15, 0.2) is 61.1 Å². The van der Waals surface area contributed by atoms with E-state index in [1.807, 2.05) is 31.2 Å². The Morgan fingerprint density at radius 2 is 1.73 bits per heavy atom. The van der Waals surface area contributed by atoms with E-state index in [0.29, 0.717) is 22.3 Å². The number of nitrogens with one attached hydrogen (secondary N) is 1. The second-order valence-corrected chi connectivity index (χ2v) is 8.83. The van der Waals surface area contributed by atoms with Crippen LogP contribution in [0.3, 0.4) is 0 Å². The summed E-state index contributed by atoms with van der Waals surface area (Å²) in [5, 5.41) is 0.940. The Kier molecular flexibility index (Phi) is 6.82. The van der Waals surface area contributed by atoms with Crippen LogP contribution in [0.2, 0.25) is 10.2 Å². The third kappa shape index (κ3) is 4.80. The molecule has 2 aromatic heterocycles. The van der Waals surface area contributed by atoms with Gasteiger partial charge in [-0.2, -0.15) is 0 Å². The quantitative estimate of drug-likeness (QED) is 0.235. The number of aromatic amines is 1. The molecular formula is C26H23Cl2N3O2. The van der Waals surface area contributed by atoms with Crippen molar-refractivity contribution in [1.29, 1.82) is 0 Å². The highest BCUT2D eigenvalue weighted by atomic mass is 35.5. The SMILES string of the molecule is Cc1ccc(C(c2[nH]cnc2-c2ccnc(Cl)c2)C(OC=O)c2cc(Cl)ccc2C)cc1C. The predicted molar refractivity (Wildman–Crippen MR) is 131 cm³/mol. The van der Waals surface area contributed by atoms with Crippen molar-refractivity contribution in [3.63, 3.8) is 0 Å². The van der Waals surface area contributed by atoms with E-state index in [-0.39, 0.29) is 5.92 Å². The minimum atomic E-state index is -0.639. The molecule has 5 nitrogen and oxygen atoms in total. The highest BCUT2D eigenvalue weighted by molar-refractivity contribution is 6.30. The second-order valence-electron chi connectivity index (χ2n) is 8.01. The number of rotatable bonds is 7. The van der Waals surface area contributed by atoms with Gasteiger partial charge in [-0.05, 0) is 72.9 Å². The van der Waals surface area contributed by atoms with E-state index in [9.17, 15) is 4.79 Å². The van der Waals surface area contributed by atoms with E-state index in [2.05, 4.69) is 47.0 Å². The molecule has 2 atom stereocenters. The predicted octanol–water partition coefficient (Wildman–Crippen LogP) is 6.75. The fraction of sp³-hybridized carbons (Fsp3) is 0.192. The standard InChI is InChI=1S/C26H23Cl2N3O2/c1-15-4-6-18(10-17(15)3)23(26(33-14-32)21-12-20(27)7-5-16(21)2)25-24(30-13-31-25)19-8-9-29-22(28)11-19/h4-14,23,26H,1-3H3,(H,30,31). The molecule has 0 fully saturated rings. The summed E-state index contributed by atoms with van der Waals surface area (Å²) in [4.78, 5) is 23.7. The Hall–Kier alpha value is -3.15. The van der Waals surface area contributed by atoms with E-state index >= 15 is 0 Å². The van der Waals surface area contributed by atoms with Gasteiger partial charge in [-0.1, -0.05) is 47.5 Å². The summed E-state index contributed by atoms with van der Waals surface area (Å²) >= 11 is 12.5. The minimum absolute atomic E-state index is 0.371. The fourth-order valence-electron chi connectivity index (χ4n) is 4.08. The molecule has 7 heteroatoms. The lowest BCUT2D eigenvalue weighted by Crippen LogP contribution is -2.18. The first-order valence-electron chi connectivity index (χ1n) is 10.5. The van der Waals surface area contributed by atoms with Gasteiger partial charge in [0.15, 0.2) is 0 Å². The number of pyridine rings is 1. The Labute approximate surface area is 202 Å². The van der Waals surface area contributed by atoms with Crippen molar-refractivity contribution in [3.8, 4) is 11.3 Å². The van der Waals surface area contributed by atoms with Crippen molar-refractivity contribution < 1.29 is 9.53 Å². The molecule has 0 saturated heterocycles. The minimum Gasteiger partial charge on any atom is -0.459 e.